The largest absolute Gasteiger partial charge is 0.256 e. The van der Waals surface area contributed by atoms with Gasteiger partial charge < -0.3 is 0 Å². The lowest BCUT2D eigenvalue weighted by Crippen LogP contribution is -2.02. The molecule has 0 radical (unpaired) electrons. The van der Waals surface area contributed by atoms with Crippen molar-refractivity contribution in [2.75, 3.05) is 0 Å². The number of rotatable bonds is 4. The van der Waals surface area contributed by atoms with Crippen LogP contribution >= 0.6 is 9.24 Å². The van der Waals surface area contributed by atoms with Crippen molar-refractivity contribution in [3.05, 3.63) is 64.5 Å². The molecule has 0 spiro atoms. The molecule has 1 unspecified atom stereocenters. The van der Waals surface area contributed by atoms with Crippen LogP contribution < -0.4 is 5.30 Å². The molecule has 1 atom stereocenters. The highest BCUT2D eigenvalue weighted by molar-refractivity contribution is 7.27. The molecule has 0 amide bonds. The Morgan fingerprint density at radius 1 is 1.04 bits per heavy atom. The first kappa shape index (κ1) is 16.4. The standard InChI is InChI=1S/C21H26NP/c1-3-6-15(7-4-2)20-19-12-11-18(23)14-17(19)10-9-16-8-5-13-22-21(16)20/h5,8,11-14H,3-4,6-7,9-10,23H2,1-2H3. The van der Waals surface area contributed by atoms with E-state index >= 15 is 0 Å². The Hall–Kier alpha value is -1.46. The van der Waals surface area contributed by atoms with E-state index in [9.17, 15) is 0 Å². The Morgan fingerprint density at radius 2 is 1.78 bits per heavy atom. The van der Waals surface area contributed by atoms with Gasteiger partial charge in [-0.05, 0) is 53.7 Å². The van der Waals surface area contributed by atoms with Crippen molar-refractivity contribution < 1.29 is 0 Å². The van der Waals surface area contributed by atoms with Crippen molar-refractivity contribution >= 4 is 20.1 Å². The zero-order valence-electron chi connectivity index (χ0n) is 14.2. The van der Waals surface area contributed by atoms with Crippen LogP contribution in [0, 0.1) is 0 Å². The molecule has 23 heavy (non-hydrogen) atoms. The van der Waals surface area contributed by atoms with Gasteiger partial charge in [0.15, 0.2) is 0 Å². The van der Waals surface area contributed by atoms with E-state index in [0.29, 0.717) is 0 Å². The topological polar surface area (TPSA) is 12.9 Å². The SMILES string of the molecule is CCCC(CCC)=C1c2ccc(P)cc2CCc2cccnc21. The van der Waals surface area contributed by atoms with Crippen LogP contribution in [0.15, 0.2) is 42.1 Å². The van der Waals surface area contributed by atoms with E-state index in [2.05, 4.69) is 53.4 Å². The lowest BCUT2D eigenvalue weighted by molar-refractivity contribution is 0.805. The van der Waals surface area contributed by atoms with E-state index in [1.165, 1.54) is 58.9 Å². The molecule has 1 aromatic heterocycles. The van der Waals surface area contributed by atoms with Crippen LogP contribution in [0.3, 0.4) is 0 Å². The summed E-state index contributed by atoms with van der Waals surface area (Å²) < 4.78 is 0. The quantitative estimate of drug-likeness (QED) is 0.715. The number of nitrogens with zero attached hydrogens (tertiary/aromatic N) is 1. The number of aryl methyl sites for hydroxylation is 2. The molecule has 0 saturated carbocycles. The number of benzene rings is 1. The summed E-state index contributed by atoms with van der Waals surface area (Å²) in [5.41, 5.74) is 8.49. The van der Waals surface area contributed by atoms with E-state index in [-0.39, 0.29) is 0 Å². The van der Waals surface area contributed by atoms with E-state index in [0.717, 1.165) is 12.8 Å². The molecule has 0 saturated heterocycles. The van der Waals surface area contributed by atoms with Crippen LogP contribution in [0.25, 0.3) is 5.57 Å². The minimum atomic E-state index is 1.08. The van der Waals surface area contributed by atoms with Gasteiger partial charge in [0.1, 0.15) is 0 Å². The van der Waals surface area contributed by atoms with Gasteiger partial charge in [0.2, 0.25) is 0 Å². The molecule has 0 fully saturated rings. The van der Waals surface area contributed by atoms with Gasteiger partial charge in [0, 0.05) is 11.8 Å². The van der Waals surface area contributed by atoms with Gasteiger partial charge in [-0.2, -0.15) is 0 Å². The summed E-state index contributed by atoms with van der Waals surface area (Å²) in [6.45, 7) is 4.55. The summed E-state index contributed by atoms with van der Waals surface area (Å²) in [5, 5.41) is 1.27. The molecule has 120 valence electrons. The Balaban J connectivity index is 2.28. The highest BCUT2D eigenvalue weighted by Crippen LogP contribution is 2.36. The average Bonchev–Trinajstić information content (AvgIpc) is 2.71. The molecule has 0 aliphatic heterocycles. The second-order valence-corrected chi connectivity index (χ2v) is 7.07. The number of allylic oxidation sites excluding steroid dienone is 1. The Kier molecular flexibility index (Phi) is 5.28. The van der Waals surface area contributed by atoms with Crippen molar-refractivity contribution in [3.63, 3.8) is 0 Å². The normalized spacial score (nSPS) is 13.3. The summed E-state index contributed by atoms with van der Waals surface area (Å²) in [7, 11) is 2.84. The van der Waals surface area contributed by atoms with Gasteiger partial charge in [-0.1, -0.05) is 56.5 Å². The number of pyridine rings is 1. The third kappa shape index (κ3) is 3.40. The lowest BCUT2D eigenvalue weighted by Gasteiger charge is -2.17. The van der Waals surface area contributed by atoms with Crippen LogP contribution in [0.5, 0.6) is 0 Å². The maximum Gasteiger partial charge on any atom is 0.0739 e. The van der Waals surface area contributed by atoms with Gasteiger partial charge in [-0.25, -0.2) is 0 Å². The highest BCUT2D eigenvalue weighted by Gasteiger charge is 2.21. The number of aromatic nitrogens is 1. The van der Waals surface area contributed by atoms with Crippen LogP contribution in [0.1, 0.15) is 61.9 Å². The molecule has 1 aliphatic rings. The van der Waals surface area contributed by atoms with E-state index in [1.54, 1.807) is 5.57 Å². The maximum absolute atomic E-state index is 4.80. The molecule has 3 rings (SSSR count). The molecule has 0 N–H and O–H groups in total. The van der Waals surface area contributed by atoms with Crippen LogP contribution in [-0.2, 0) is 12.8 Å². The zero-order valence-corrected chi connectivity index (χ0v) is 15.4. The third-order valence-corrected chi connectivity index (χ3v) is 5.01. The van der Waals surface area contributed by atoms with Crippen LogP contribution in [-0.4, -0.2) is 4.98 Å². The minimum Gasteiger partial charge on any atom is -0.256 e. The van der Waals surface area contributed by atoms with Crippen LogP contribution in [0.2, 0.25) is 0 Å². The Bertz CT molecular complexity index is 722. The first-order chi connectivity index (χ1) is 11.2. The predicted molar refractivity (Wildman–Crippen MR) is 103 cm³/mol. The molecule has 1 heterocycles. The maximum atomic E-state index is 4.80. The fraction of sp³-hybridized carbons (Fsp3) is 0.381. The molecule has 1 aliphatic carbocycles. The van der Waals surface area contributed by atoms with Crippen molar-refractivity contribution in [2.45, 2.75) is 52.4 Å². The smallest absolute Gasteiger partial charge is 0.0739 e. The minimum absolute atomic E-state index is 1.08. The number of fused-ring (bicyclic) bond motifs is 2. The zero-order chi connectivity index (χ0) is 16.2. The average molecular weight is 323 g/mol. The Labute approximate surface area is 142 Å². The molecule has 1 nitrogen and oxygen atoms in total. The summed E-state index contributed by atoms with van der Waals surface area (Å²) in [4.78, 5) is 4.80. The molecular formula is C21H26NP. The first-order valence-corrected chi connectivity index (χ1v) is 9.37. The molecular weight excluding hydrogens is 297 g/mol. The third-order valence-electron chi connectivity index (χ3n) is 4.65. The van der Waals surface area contributed by atoms with Crippen molar-refractivity contribution in [3.8, 4) is 0 Å². The summed E-state index contributed by atoms with van der Waals surface area (Å²) in [6.07, 6.45) is 8.85. The predicted octanol–water partition coefficient (Wildman–Crippen LogP) is 5.08. The van der Waals surface area contributed by atoms with Gasteiger partial charge in [-0.3, -0.25) is 4.98 Å². The van der Waals surface area contributed by atoms with Crippen molar-refractivity contribution in [1.29, 1.82) is 0 Å². The summed E-state index contributed by atoms with van der Waals surface area (Å²) >= 11 is 0. The van der Waals surface area contributed by atoms with Gasteiger partial charge >= 0.3 is 0 Å². The second kappa shape index (κ2) is 7.41. The van der Waals surface area contributed by atoms with Crippen LogP contribution in [0.4, 0.5) is 0 Å². The van der Waals surface area contributed by atoms with Crippen molar-refractivity contribution in [1.82, 2.24) is 4.98 Å². The Morgan fingerprint density at radius 3 is 2.52 bits per heavy atom. The van der Waals surface area contributed by atoms with Gasteiger partial charge in [0.05, 0.1) is 5.69 Å². The van der Waals surface area contributed by atoms with Gasteiger partial charge in [0.25, 0.3) is 0 Å². The molecule has 0 bridgehead atoms. The van der Waals surface area contributed by atoms with E-state index < -0.39 is 0 Å². The second-order valence-electron chi connectivity index (χ2n) is 6.41. The lowest BCUT2D eigenvalue weighted by atomic mass is 9.89. The number of hydrogen-bond acceptors (Lipinski definition) is 1. The fourth-order valence-electron chi connectivity index (χ4n) is 3.66. The van der Waals surface area contributed by atoms with E-state index in [4.69, 9.17) is 4.98 Å². The summed E-state index contributed by atoms with van der Waals surface area (Å²) in [5.74, 6) is 0. The summed E-state index contributed by atoms with van der Waals surface area (Å²) in [6, 6.07) is 11.2. The number of hydrogen-bond donors (Lipinski definition) is 0. The molecule has 1 aromatic carbocycles. The van der Waals surface area contributed by atoms with E-state index in [1.807, 2.05) is 6.20 Å². The highest BCUT2D eigenvalue weighted by atomic mass is 31.0. The van der Waals surface area contributed by atoms with Crippen molar-refractivity contribution in [2.24, 2.45) is 0 Å². The first-order valence-electron chi connectivity index (χ1n) is 8.79. The molecule has 2 heteroatoms. The fourth-order valence-corrected chi connectivity index (χ4v) is 3.96. The monoisotopic (exact) mass is 323 g/mol. The molecule has 2 aromatic rings. The van der Waals surface area contributed by atoms with Gasteiger partial charge in [-0.15, -0.1) is 9.24 Å².